The van der Waals surface area contributed by atoms with Crippen LogP contribution < -0.4 is 0 Å². The summed E-state index contributed by atoms with van der Waals surface area (Å²) in [6.45, 7) is 0.401. The molecule has 0 aliphatic carbocycles. The molecule has 3 rings (SSSR count). The fourth-order valence-corrected chi connectivity index (χ4v) is 3.05. The topological polar surface area (TPSA) is 37.4 Å². The van der Waals surface area contributed by atoms with Crippen LogP contribution in [0.15, 0.2) is 47.8 Å². The fourth-order valence-electron chi connectivity index (χ4n) is 2.35. The van der Waals surface area contributed by atoms with Crippen molar-refractivity contribution >= 4 is 23.2 Å². The second kappa shape index (κ2) is 4.97. The van der Waals surface area contributed by atoms with Crippen LogP contribution in [0.2, 0.25) is 0 Å². The van der Waals surface area contributed by atoms with E-state index in [1.807, 2.05) is 47.8 Å². The average Bonchev–Trinajstić information content (AvgIpc) is 3.03. The molecule has 2 aromatic rings. The maximum atomic E-state index is 12.4. The molecule has 1 unspecified atom stereocenters. The van der Waals surface area contributed by atoms with Gasteiger partial charge in [0.25, 0.3) is 0 Å². The third-order valence-corrected chi connectivity index (χ3v) is 4.20. The Morgan fingerprint density at radius 3 is 2.58 bits per heavy atom. The lowest BCUT2D eigenvalue weighted by atomic mass is 9.98. The molecule has 0 saturated carbocycles. The van der Waals surface area contributed by atoms with E-state index in [0.717, 1.165) is 10.4 Å². The summed E-state index contributed by atoms with van der Waals surface area (Å²) in [7, 11) is 0. The SMILES string of the molecule is O=C1CC(c2ccccc2)C(=O)N1Cc1cccs1. The quantitative estimate of drug-likeness (QED) is 0.805. The minimum absolute atomic E-state index is 0.0766. The molecule has 0 radical (unpaired) electrons. The monoisotopic (exact) mass is 271 g/mol. The molecule has 1 aromatic carbocycles. The van der Waals surface area contributed by atoms with Crippen LogP contribution in [0.5, 0.6) is 0 Å². The van der Waals surface area contributed by atoms with E-state index in [-0.39, 0.29) is 24.2 Å². The zero-order chi connectivity index (χ0) is 13.2. The minimum Gasteiger partial charge on any atom is -0.277 e. The smallest absolute Gasteiger partial charge is 0.237 e. The second-order valence-electron chi connectivity index (χ2n) is 4.56. The molecule has 4 heteroatoms. The average molecular weight is 271 g/mol. The summed E-state index contributed by atoms with van der Waals surface area (Å²) >= 11 is 1.56. The summed E-state index contributed by atoms with van der Waals surface area (Å²) in [5, 5.41) is 1.95. The van der Waals surface area contributed by atoms with E-state index in [9.17, 15) is 9.59 Å². The van der Waals surface area contributed by atoms with Crippen LogP contribution in [0.1, 0.15) is 22.8 Å². The van der Waals surface area contributed by atoms with E-state index >= 15 is 0 Å². The number of nitrogens with zero attached hydrogens (tertiary/aromatic N) is 1. The van der Waals surface area contributed by atoms with Crippen LogP contribution in [0, 0.1) is 0 Å². The van der Waals surface area contributed by atoms with E-state index < -0.39 is 0 Å². The lowest BCUT2D eigenvalue weighted by Gasteiger charge is -2.13. The Bertz CT molecular complexity index is 592. The molecule has 0 N–H and O–H groups in total. The molecule has 1 aliphatic heterocycles. The van der Waals surface area contributed by atoms with Gasteiger partial charge in [-0.1, -0.05) is 36.4 Å². The first kappa shape index (κ1) is 12.1. The maximum absolute atomic E-state index is 12.4. The van der Waals surface area contributed by atoms with Crippen LogP contribution in [-0.4, -0.2) is 16.7 Å². The van der Waals surface area contributed by atoms with Crippen LogP contribution in [0.25, 0.3) is 0 Å². The van der Waals surface area contributed by atoms with E-state index in [1.54, 1.807) is 11.3 Å². The van der Waals surface area contributed by atoms with Gasteiger partial charge in [-0.25, -0.2) is 0 Å². The standard InChI is InChI=1S/C15H13NO2S/c17-14-9-13(11-5-2-1-3-6-11)15(18)16(14)10-12-7-4-8-19-12/h1-8,13H,9-10H2. The lowest BCUT2D eigenvalue weighted by molar-refractivity contribution is -0.139. The Kier molecular flexibility index (Phi) is 3.17. The van der Waals surface area contributed by atoms with Crippen molar-refractivity contribution in [2.75, 3.05) is 0 Å². The van der Waals surface area contributed by atoms with Gasteiger partial charge in [-0.3, -0.25) is 14.5 Å². The van der Waals surface area contributed by atoms with E-state index in [0.29, 0.717) is 6.54 Å². The molecule has 96 valence electrons. The van der Waals surface area contributed by atoms with Crippen LogP contribution in [0.4, 0.5) is 0 Å². The predicted octanol–water partition coefficient (Wildman–Crippen LogP) is 2.79. The molecule has 1 saturated heterocycles. The van der Waals surface area contributed by atoms with E-state index in [4.69, 9.17) is 0 Å². The van der Waals surface area contributed by atoms with Crippen molar-refractivity contribution in [1.29, 1.82) is 0 Å². The summed E-state index contributed by atoms with van der Waals surface area (Å²) in [4.78, 5) is 26.8. The molecule has 1 atom stereocenters. The number of hydrogen-bond acceptors (Lipinski definition) is 3. The zero-order valence-corrected chi connectivity index (χ0v) is 11.1. The van der Waals surface area contributed by atoms with Gasteiger partial charge in [-0.2, -0.15) is 0 Å². The number of carbonyl (C=O) groups excluding carboxylic acids is 2. The number of benzene rings is 1. The number of likely N-dealkylation sites (tertiary alicyclic amines) is 1. The molecule has 0 bridgehead atoms. The molecule has 2 amide bonds. The van der Waals surface area contributed by atoms with Crippen LogP contribution >= 0.6 is 11.3 Å². The Hall–Kier alpha value is -1.94. The van der Waals surface area contributed by atoms with Gasteiger partial charge in [0.05, 0.1) is 12.5 Å². The molecule has 3 nitrogen and oxygen atoms in total. The third-order valence-electron chi connectivity index (χ3n) is 3.34. The number of carbonyl (C=O) groups is 2. The lowest BCUT2D eigenvalue weighted by Crippen LogP contribution is -2.29. The summed E-state index contributed by atoms with van der Waals surface area (Å²) in [6.07, 6.45) is 0.286. The van der Waals surface area contributed by atoms with Crippen molar-refractivity contribution in [3.05, 3.63) is 58.3 Å². The van der Waals surface area contributed by atoms with Gasteiger partial charge in [-0.15, -0.1) is 11.3 Å². The molecular formula is C15H13NO2S. The first-order valence-corrected chi connectivity index (χ1v) is 7.05. The van der Waals surface area contributed by atoms with Gasteiger partial charge in [0.1, 0.15) is 0 Å². The largest absolute Gasteiger partial charge is 0.277 e. The second-order valence-corrected chi connectivity index (χ2v) is 5.60. The highest BCUT2D eigenvalue weighted by molar-refractivity contribution is 7.09. The number of amides is 2. The van der Waals surface area contributed by atoms with Crippen molar-refractivity contribution in [3.8, 4) is 0 Å². The highest BCUT2D eigenvalue weighted by Crippen LogP contribution is 2.30. The summed E-state index contributed by atoms with van der Waals surface area (Å²) < 4.78 is 0. The van der Waals surface area contributed by atoms with Crippen molar-refractivity contribution < 1.29 is 9.59 Å². The molecular weight excluding hydrogens is 258 g/mol. The maximum Gasteiger partial charge on any atom is 0.237 e. The van der Waals surface area contributed by atoms with Crippen molar-refractivity contribution in [3.63, 3.8) is 0 Å². The van der Waals surface area contributed by atoms with Gasteiger partial charge < -0.3 is 0 Å². The normalized spacial score (nSPS) is 19.2. The van der Waals surface area contributed by atoms with Gasteiger partial charge in [0.2, 0.25) is 11.8 Å². The van der Waals surface area contributed by atoms with E-state index in [2.05, 4.69) is 0 Å². The highest BCUT2D eigenvalue weighted by Gasteiger charge is 2.39. The van der Waals surface area contributed by atoms with Crippen molar-refractivity contribution in [2.24, 2.45) is 0 Å². The molecule has 1 aliphatic rings. The third kappa shape index (κ3) is 2.31. The Morgan fingerprint density at radius 1 is 1.11 bits per heavy atom. The minimum atomic E-state index is -0.311. The van der Waals surface area contributed by atoms with Gasteiger partial charge in [0, 0.05) is 11.3 Å². The Labute approximate surface area is 115 Å². The van der Waals surface area contributed by atoms with Gasteiger partial charge in [-0.05, 0) is 17.0 Å². The molecule has 1 aromatic heterocycles. The first-order valence-electron chi connectivity index (χ1n) is 6.17. The Morgan fingerprint density at radius 2 is 1.89 bits per heavy atom. The molecule has 2 heterocycles. The van der Waals surface area contributed by atoms with Crippen molar-refractivity contribution in [2.45, 2.75) is 18.9 Å². The van der Waals surface area contributed by atoms with Crippen LogP contribution in [-0.2, 0) is 16.1 Å². The zero-order valence-electron chi connectivity index (χ0n) is 10.3. The van der Waals surface area contributed by atoms with Gasteiger partial charge >= 0.3 is 0 Å². The van der Waals surface area contributed by atoms with Crippen molar-refractivity contribution in [1.82, 2.24) is 4.90 Å². The molecule has 19 heavy (non-hydrogen) atoms. The molecule has 1 fully saturated rings. The molecule has 0 spiro atoms. The summed E-state index contributed by atoms with van der Waals surface area (Å²) in [6, 6.07) is 13.4. The number of rotatable bonds is 3. The number of thiophene rings is 1. The van der Waals surface area contributed by atoms with Crippen LogP contribution in [0.3, 0.4) is 0 Å². The first-order chi connectivity index (χ1) is 9.25. The fraction of sp³-hybridized carbons (Fsp3) is 0.200. The summed E-state index contributed by atoms with van der Waals surface area (Å²) in [5.74, 6) is -0.467. The summed E-state index contributed by atoms with van der Waals surface area (Å²) in [5.41, 5.74) is 0.925. The number of imide groups is 1. The highest BCUT2D eigenvalue weighted by atomic mass is 32.1. The Balaban J connectivity index is 1.81. The van der Waals surface area contributed by atoms with Gasteiger partial charge in [0.15, 0.2) is 0 Å². The predicted molar refractivity (Wildman–Crippen MR) is 73.7 cm³/mol. The van der Waals surface area contributed by atoms with E-state index in [1.165, 1.54) is 4.90 Å². The number of hydrogen-bond donors (Lipinski definition) is 0.